The second-order valence-electron chi connectivity index (χ2n) is 9.50. The summed E-state index contributed by atoms with van der Waals surface area (Å²) < 4.78 is 36.4. The molecule has 0 amide bonds. The van der Waals surface area contributed by atoms with E-state index in [-0.39, 0.29) is 6.10 Å². The van der Waals surface area contributed by atoms with E-state index in [9.17, 15) is 13.7 Å². The van der Waals surface area contributed by atoms with Gasteiger partial charge in [-0.15, -0.1) is 0 Å². The largest absolute Gasteiger partial charge is 0.376 e. The van der Waals surface area contributed by atoms with Gasteiger partial charge in [-0.05, 0) is 67.5 Å². The van der Waals surface area contributed by atoms with Crippen molar-refractivity contribution in [1.82, 2.24) is 13.9 Å². The molecule has 3 aromatic rings. The standard InChI is InChI=1S/C26H30N4O3S2/c1-19-5-3-11-29(16-19)35(31,32)23-9-10-25-24(14-23)28-26(30(25)17-22-8-4-12-33-22)34-18-21-7-2-6-20(13-21)15-27/h2,6-7,9-10,13-14,19,22H,3-5,8,11-12,16-18H2,1H3/t19-,22+/m1/s1. The fourth-order valence-corrected chi connectivity index (χ4v) is 7.50. The summed E-state index contributed by atoms with van der Waals surface area (Å²) in [5, 5.41) is 10.0. The number of piperidine rings is 1. The van der Waals surface area contributed by atoms with Gasteiger partial charge in [0.25, 0.3) is 0 Å². The highest BCUT2D eigenvalue weighted by atomic mass is 32.2. The number of nitrogens with zero attached hydrogens (tertiary/aromatic N) is 4. The average molecular weight is 511 g/mol. The van der Waals surface area contributed by atoms with Crippen LogP contribution >= 0.6 is 11.8 Å². The molecular formula is C26H30N4O3S2. The number of imidazole rings is 1. The first-order valence-corrected chi connectivity index (χ1v) is 14.6. The Labute approximate surface area is 211 Å². The van der Waals surface area contributed by atoms with Crippen molar-refractivity contribution in [1.29, 1.82) is 5.26 Å². The third kappa shape index (κ3) is 5.26. The van der Waals surface area contributed by atoms with E-state index in [1.807, 2.05) is 24.3 Å². The molecular weight excluding hydrogens is 480 g/mol. The average Bonchev–Trinajstić information content (AvgIpc) is 3.51. The number of thioether (sulfide) groups is 1. The summed E-state index contributed by atoms with van der Waals surface area (Å²) in [5.74, 6) is 1.04. The van der Waals surface area contributed by atoms with Crippen LogP contribution in [0.15, 0.2) is 52.5 Å². The highest BCUT2D eigenvalue weighted by Gasteiger charge is 2.29. The van der Waals surface area contributed by atoms with Crippen LogP contribution in [0.4, 0.5) is 0 Å². The molecule has 0 radical (unpaired) electrons. The molecule has 2 aliphatic heterocycles. The van der Waals surface area contributed by atoms with Gasteiger partial charge in [0, 0.05) is 25.4 Å². The predicted octanol–water partition coefficient (Wildman–Crippen LogP) is 4.80. The highest BCUT2D eigenvalue weighted by molar-refractivity contribution is 7.98. The molecule has 0 spiro atoms. The van der Waals surface area contributed by atoms with Crippen LogP contribution in [0, 0.1) is 17.2 Å². The van der Waals surface area contributed by atoms with Crippen LogP contribution in [-0.2, 0) is 27.1 Å². The molecule has 1 aromatic heterocycles. The zero-order chi connectivity index (χ0) is 24.4. The Morgan fingerprint density at radius 3 is 2.86 bits per heavy atom. The maximum absolute atomic E-state index is 13.4. The first-order chi connectivity index (χ1) is 16.9. The topological polar surface area (TPSA) is 88.2 Å². The monoisotopic (exact) mass is 510 g/mol. The first kappa shape index (κ1) is 24.3. The summed E-state index contributed by atoms with van der Waals surface area (Å²) in [5.41, 5.74) is 3.28. The lowest BCUT2D eigenvalue weighted by molar-refractivity contribution is 0.0960. The minimum atomic E-state index is -3.55. The fraction of sp³-hybridized carbons (Fsp3) is 0.462. The first-order valence-electron chi connectivity index (χ1n) is 12.2. The molecule has 2 fully saturated rings. The quantitative estimate of drug-likeness (QED) is 0.424. The SMILES string of the molecule is C[C@@H]1CCCN(S(=O)(=O)c2ccc3c(c2)nc(SCc2cccc(C#N)c2)n3C[C@@H]2CCCO2)C1. The molecule has 35 heavy (non-hydrogen) atoms. The van der Waals surface area contributed by atoms with Crippen molar-refractivity contribution in [2.45, 2.75) is 61.1 Å². The van der Waals surface area contributed by atoms with Crippen LogP contribution in [0.5, 0.6) is 0 Å². The maximum Gasteiger partial charge on any atom is 0.243 e. The molecule has 5 rings (SSSR count). The summed E-state index contributed by atoms with van der Waals surface area (Å²) in [6, 6.07) is 15.1. The van der Waals surface area contributed by atoms with Gasteiger partial charge in [0.2, 0.25) is 10.0 Å². The van der Waals surface area contributed by atoms with Crippen LogP contribution in [0.2, 0.25) is 0 Å². The number of hydrogen-bond donors (Lipinski definition) is 0. The van der Waals surface area contributed by atoms with E-state index < -0.39 is 10.0 Å². The van der Waals surface area contributed by atoms with E-state index in [0.717, 1.165) is 48.5 Å². The normalized spacial score (nSPS) is 21.4. The Kier molecular flexibility index (Phi) is 7.17. The van der Waals surface area contributed by atoms with Crippen LogP contribution in [0.25, 0.3) is 11.0 Å². The molecule has 0 saturated carbocycles. The Bertz CT molecular complexity index is 1360. The third-order valence-corrected chi connectivity index (χ3v) is 9.69. The number of rotatable bonds is 7. The Morgan fingerprint density at radius 1 is 1.20 bits per heavy atom. The smallest absolute Gasteiger partial charge is 0.243 e. The van der Waals surface area contributed by atoms with E-state index in [2.05, 4.69) is 17.6 Å². The molecule has 0 N–H and O–H groups in total. The number of nitriles is 1. The lowest BCUT2D eigenvalue weighted by Crippen LogP contribution is -2.39. The van der Waals surface area contributed by atoms with Crippen LogP contribution in [0.1, 0.15) is 43.7 Å². The number of fused-ring (bicyclic) bond motifs is 1. The van der Waals surface area contributed by atoms with Gasteiger partial charge in [-0.2, -0.15) is 9.57 Å². The number of hydrogen-bond acceptors (Lipinski definition) is 6. The molecule has 0 bridgehead atoms. The van der Waals surface area contributed by atoms with E-state index >= 15 is 0 Å². The lowest BCUT2D eigenvalue weighted by Gasteiger charge is -2.30. The third-order valence-electron chi connectivity index (χ3n) is 6.78. The Morgan fingerprint density at radius 2 is 2.09 bits per heavy atom. The number of aromatic nitrogens is 2. The zero-order valence-electron chi connectivity index (χ0n) is 19.9. The minimum absolute atomic E-state index is 0.131. The van der Waals surface area contributed by atoms with Gasteiger partial charge in [0.05, 0.1) is 40.2 Å². The molecule has 2 atom stereocenters. The second-order valence-corrected chi connectivity index (χ2v) is 12.4. The molecule has 184 valence electrons. The molecule has 2 saturated heterocycles. The molecule has 7 nitrogen and oxygen atoms in total. The van der Waals surface area contributed by atoms with Crippen molar-refractivity contribution in [3.8, 4) is 6.07 Å². The van der Waals surface area contributed by atoms with Crippen molar-refractivity contribution >= 4 is 32.8 Å². The molecule has 9 heteroatoms. The predicted molar refractivity (Wildman–Crippen MR) is 137 cm³/mol. The van der Waals surface area contributed by atoms with E-state index in [4.69, 9.17) is 9.72 Å². The zero-order valence-corrected chi connectivity index (χ0v) is 21.5. The molecule has 3 heterocycles. The number of ether oxygens (including phenoxy) is 1. The van der Waals surface area contributed by atoms with E-state index in [0.29, 0.717) is 47.3 Å². The van der Waals surface area contributed by atoms with Crippen LogP contribution in [-0.4, -0.2) is 48.1 Å². The summed E-state index contributed by atoms with van der Waals surface area (Å²) in [6.45, 7) is 4.70. The van der Waals surface area contributed by atoms with Crippen molar-refractivity contribution in [2.24, 2.45) is 5.92 Å². The highest BCUT2D eigenvalue weighted by Crippen LogP contribution is 2.31. The number of benzene rings is 2. The van der Waals surface area contributed by atoms with Gasteiger partial charge >= 0.3 is 0 Å². The molecule has 0 unspecified atom stereocenters. The van der Waals surface area contributed by atoms with Gasteiger partial charge in [0.15, 0.2) is 5.16 Å². The summed E-state index contributed by atoms with van der Waals surface area (Å²) >= 11 is 1.60. The summed E-state index contributed by atoms with van der Waals surface area (Å²) in [6.07, 6.45) is 4.15. The Balaban J connectivity index is 1.47. The van der Waals surface area contributed by atoms with Gasteiger partial charge < -0.3 is 9.30 Å². The van der Waals surface area contributed by atoms with Crippen molar-refractivity contribution in [2.75, 3.05) is 19.7 Å². The molecule has 2 aliphatic rings. The van der Waals surface area contributed by atoms with Crippen molar-refractivity contribution < 1.29 is 13.2 Å². The van der Waals surface area contributed by atoms with Gasteiger partial charge in [-0.25, -0.2) is 13.4 Å². The van der Waals surface area contributed by atoms with Crippen molar-refractivity contribution in [3.63, 3.8) is 0 Å². The van der Waals surface area contributed by atoms with Gasteiger partial charge in [0.1, 0.15) is 0 Å². The van der Waals surface area contributed by atoms with Crippen LogP contribution < -0.4 is 0 Å². The van der Waals surface area contributed by atoms with E-state index in [1.54, 1.807) is 34.3 Å². The van der Waals surface area contributed by atoms with Crippen molar-refractivity contribution in [3.05, 3.63) is 53.6 Å². The number of sulfonamides is 1. The maximum atomic E-state index is 13.4. The Hall–Kier alpha value is -2.38. The van der Waals surface area contributed by atoms with Gasteiger partial charge in [-0.1, -0.05) is 30.8 Å². The van der Waals surface area contributed by atoms with Crippen LogP contribution in [0.3, 0.4) is 0 Å². The molecule has 2 aromatic carbocycles. The fourth-order valence-electron chi connectivity index (χ4n) is 4.92. The van der Waals surface area contributed by atoms with E-state index in [1.165, 1.54) is 0 Å². The minimum Gasteiger partial charge on any atom is -0.376 e. The summed E-state index contributed by atoms with van der Waals surface area (Å²) in [4.78, 5) is 5.17. The van der Waals surface area contributed by atoms with Gasteiger partial charge in [-0.3, -0.25) is 0 Å². The lowest BCUT2D eigenvalue weighted by atomic mass is 10.0. The second kappa shape index (κ2) is 10.3. The summed E-state index contributed by atoms with van der Waals surface area (Å²) in [7, 11) is -3.55. The molecule has 0 aliphatic carbocycles.